The van der Waals surface area contributed by atoms with E-state index in [1.165, 1.54) is 0 Å². The molecule has 0 aliphatic rings. The average molecular weight is 147 g/mol. The van der Waals surface area contributed by atoms with Crippen LogP contribution in [0, 0.1) is 29.6 Å². The minimum Gasteiger partial charge on any atom is -0.231 e. The van der Waals surface area contributed by atoms with Crippen LogP contribution in [0.3, 0.4) is 0 Å². The molecule has 1 aromatic heterocycles. The van der Waals surface area contributed by atoms with Gasteiger partial charge in [-0.1, -0.05) is 0 Å². The number of nitrogens with one attached hydrogen (secondary N) is 1. The van der Waals surface area contributed by atoms with Crippen LogP contribution in [0.2, 0.25) is 0 Å². The largest absolute Gasteiger partial charge is 0.263 e. The lowest BCUT2D eigenvalue weighted by molar-refractivity contribution is -0.678. The van der Waals surface area contributed by atoms with Crippen LogP contribution in [0.4, 0.5) is 0 Å². The second kappa shape index (κ2) is 2.43. The van der Waals surface area contributed by atoms with Crippen LogP contribution >= 0.6 is 0 Å². The molecule has 1 N–H and O–H groups in total. The Bertz CT molecular complexity index is 361. The SMILES string of the molecule is Cc1[nH]c(C#N)c(C#N)[n+]1C. The van der Waals surface area contributed by atoms with Crippen molar-refractivity contribution in [2.24, 2.45) is 7.05 Å². The zero-order valence-electron chi connectivity index (χ0n) is 6.34. The monoisotopic (exact) mass is 147 g/mol. The van der Waals surface area contributed by atoms with Gasteiger partial charge < -0.3 is 0 Å². The number of aromatic nitrogens is 2. The number of hydrogen-bond donors (Lipinski definition) is 1. The number of rotatable bonds is 0. The zero-order valence-corrected chi connectivity index (χ0v) is 6.34. The Labute approximate surface area is 64.3 Å². The Balaban J connectivity index is 3.45. The summed E-state index contributed by atoms with van der Waals surface area (Å²) in [4.78, 5) is 2.79. The summed E-state index contributed by atoms with van der Waals surface area (Å²) in [6.07, 6.45) is 0. The van der Waals surface area contributed by atoms with Crippen molar-refractivity contribution in [1.29, 1.82) is 10.5 Å². The maximum Gasteiger partial charge on any atom is 0.263 e. The highest BCUT2D eigenvalue weighted by Crippen LogP contribution is 1.98. The molecule has 1 aromatic rings. The van der Waals surface area contributed by atoms with Crippen LogP contribution in [-0.2, 0) is 7.05 Å². The van der Waals surface area contributed by atoms with Gasteiger partial charge in [-0.15, -0.1) is 0 Å². The van der Waals surface area contributed by atoms with Crippen molar-refractivity contribution in [3.8, 4) is 12.1 Å². The summed E-state index contributed by atoms with van der Waals surface area (Å²) >= 11 is 0. The minimum absolute atomic E-state index is 0.326. The van der Waals surface area contributed by atoms with Crippen LogP contribution in [-0.4, -0.2) is 4.98 Å². The molecule has 0 fully saturated rings. The molecule has 1 heterocycles. The summed E-state index contributed by atoms with van der Waals surface area (Å²) in [5, 5.41) is 17.1. The van der Waals surface area contributed by atoms with E-state index in [2.05, 4.69) is 4.98 Å². The minimum atomic E-state index is 0.326. The number of nitriles is 2. The number of imidazole rings is 1. The number of aryl methyl sites for hydroxylation is 1. The van der Waals surface area contributed by atoms with Crippen molar-refractivity contribution in [3.05, 3.63) is 17.2 Å². The molecule has 1 rings (SSSR count). The van der Waals surface area contributed by atoms with Gasteiger partial charge in [-0.05, 0) is 0 Å². The molecule has 0 atom stereocenters. The van der Waals surface area contributed by atoms with E-state index in [1.807, 2.05) is 19.1 Å². The van der Waals surface area contributed by atoms with E-state index in [1.54, 1.807) is 11.6 Å². The number of hydrogen-bond acceptors (Lipinski definition) is 2. The van der Waals surface area contributed by atoms with Crippen molar-refractivity contribution in [3.63, 3.8) is 0 Å². The fourth-order valence-corrected chi connectivity index (χ4v) is 0.871. The molecule has 0 saturated heterocycles. The van der Waals surface area contributed by atoms with Crippen LogP contribution in [0.1, 0.15) is 17.2 Å². The predicted molar refractivity (Wildman–Crippen MR) is 36.1 cm³/mol. The lowest BCUT2D eigenvalue weighted by atomic mass is 10.4. The maximum absolute atomic E-state index is 8.60. The van der Waals surface area contributed by atoms with E-state index in [0.29, 0.717) is 11.4 Å². The number of aromatic amines is 1. The molecule has 0 amide bonds. The molecule has 4 nitrogen and oxygen atoms in total. The van der Waals surface area contributed by atoms with Gasteiger partial charge in [-0.2, -0.15) is 10.5 Å². The van der Waals surface area contributed by atoms with Crippen LogP contribution in [0.25, 0.3) is 0 Å². The molecule has 0 spiro atoms. The maximum atomic E-state index is 8.60. The quantitative estimate of drug-likeness (QED) is 0.520. The fraction of sp³-hybridized carbons (Fsp3) is 0.286. The summed E-state index contributed by atoms with van der Waals surface area (Å²) in [7, 11) is 1.74. The van der Waals surface area contributed by atoms with Gasteiger partial charge >= 0.3 is 0 Å². The Morgan fingerprint density at radius 1 is 1.36 bits per heavy atom. The molecule has 11 heavy (non-hydrogen) atoms. The van der Waals surface area contributed by atoms with E-state index < -0.39 is 0 Å². The fourth-order valence-electron chi connectivity index (χ4n) is 0.871. The topological polar surface area (TPSA) is 67.2 Å². The van der Waals surface area contributed by atoms with Gasteiger partial charge in [0.2, 0.25) is 0 Å². The lowest BCUT2D eigenvalue weighted by Crippen LogP contribution is -2.32. The molecule has 0 unspecified atom stereocenters. The van der Waals surface area contributed by atoms with Gasteiger partial charge in [0.1, 0.15) is 12.1 Å². The second-order valence-corrected chi connectivity index (χ2v) is 2.22. The van der Waals surface area contributed by atoms with Crippen LogP contribution in [0.5, 0.6) is 0 Å². The highest BCUT2D eigenvalue weighted by Gasteiger charge is 2.17. The van der Waals surface area contributed by atoms with Crippen LogP contribution in [0.15, 0.2) is 0 Å². The molecule has 0 bridgehead atoms. The van der Waals surface area contributed by atoms with Crippen molar-refractivity contribution in [2.45, 2.75) is 6.92 Å². The van der Waals surface area contributed by atoms with E-state index in [-0.39, 0.29) is 0 Å². The zero-order chi connectivity index (χ0) is 8.43. The lowest BCUT2D eigenvalue weighted by Gasteiger charge is -1.82. The van der Waals surface area contributed by atoms with Crippen molar-refractivity contribution in [2.75, 3.05) is 0 Å². The molecule has 4 heteroatoms. The first-order valence-corrected chi connectivity index (χ1v) is 3.09. The Morgan fingerprint density at radius 2 is 2.00 bits per heavy atom. The third kappa shape index (κ3) is 0.948. The van der Waals surface area contributed by atoms with Crippen LogP contribution < -0.4 is 4.57 Å². The second-order valence-electron chi connectivity index (χ2n) is 2.22. The molecule has 0 saturated carbocycles. The molecular weight excluding hydrogens is 140 g/mol. The summed E-state index contributed by atoms with van der Waals surface area (Å²) in [5.74, 6) is 0.804. The summed E-state index contributed by atoms with van der Waals surface area (Å²) in [6, 6.07) is 3.85. The Hall–Kier alpha value is -1.81. The first-order chi connectivity index (χ1) is 5.20. The van der Waals surface area contributed by atoms with Crippen molar-refractivity contribution in [1.82, 2.24) is 4.98 Å². The third-order valence-electron chi connectivity index (χ3n) is 1.60. The molecule has 0 aliphatic heterocycles. The summed E-state index contributed by atoms with van der Waals surface area (Å²) in [6.45, 7) is 1.81. The van der Waals surface area contributed by atoms with E-state index in [9.17, 15) is 0 Å². The van der Waals surface area contributed by atoms with Gasteiger partial charge in [0.05, 0.1) is 7.05 Å². The molecule has 0 aliphatic carbocycles. The number of H-pyrrole nitrogens is 1. The van der Waals surface area contributed by atoms with Gasteiger partial charge in [0.25, 0.3) is 17.2 Å². The predicted octanol–water partition coefficient (Wildman–Crippen LogP) is -0.109. The highest BCUT2D eigenvalue weighted by molar-refractivity contribution is 5.31. The van der Waals surface area contributed by atoms with Gasteiger partial charge in [-0.3, -0.25) is 0 Å². The van der Waals surface area contributed by atoms with E-state index in [0.717, 1.165) is 5.82 Å². The van der Waals surface area contributed by atoms with Crippen molar-refractivity contribution >= 4 is 0 Å². The summed E-state index contributed by atoms with van der Waals surface area (Å²) < 4.78 is 1.65. The smallest absolute Gasteiger partial charge is 0.231 e. The number of nitrogens with zero attached hydrogens (tertiary/aromatic N) is 3. The Morgan fingerprint density at radius 3 is 2.36 bits per heavy atom. The molecule has 0 radical (unpaired) electrons. The summed E-state index contributed by atoms with van der Waals surface area (Å²) in [5.41, 5.74) is 0.706. The average Bonchev–Trinajstić information content (AvgIpc) is 2.28. The third-order valence-corrected chi connectivity index (χ3v) is 1.60. The van der Waals surface area contributed by atoms with E-state index in [4.69, 9.17) is 10.5 Å². The van der Waals surface area contributed by atoms with Crippen molar-refractivity contribution < 1.29 is 4.57 Å². The van der Waals surface area contributed by atoms with Gasteiger partial charge in [0.15, 0.2) is 0 Å². The van der Waals surface area contributed by atoms with Gasteiger partial charge in [0, 0.05) is 6.92 Å². The molecule has 0 aromatic carbocycles. The van der Waals surface area contributed by atoms with E-state index >= 15 is 0 Å². The molecule has 54 valence electrons. The molecular formula is C7H7N4+. The Kier molecular flexibility index (Phi) is 1.61. The first kappa shape index (κ1) is 7.30. The highest BCUT2D eigenvalue weighted by atomic mass is 15.1. The first-order valence-electron chi connectivity index (χ1n) is 3.09. The normalized spacial score (nSPS) is 8.73. The van der Waals surface area contributed by atoms with Gasteiger partial charge in [-0.25, -0.2) is 9.55 Å². The standard InChI is InChI=1S/C7H6N4/c1-5-10-6(3-8)7(4-9)11(5)2/h1-2H3/p+1.